The zero-order chi connectivity index (χ0) is 14.7. The second-order valence-electron chi connectivity index (χ2n) is 5.57. The molecule has 1 aromatic rings. The summed E-state index contributed by atoms with van der Waals surface area (Å²) in [5, 5.41) is 3.87. The summed E-state index contributed by atoms with van der Waals surface area (Å²) >= 11 is 1.56. The number of hydrogen-bond acceptors (Lipinski definition) is 4. The highest BCUT2D eigenvalue weighted by Crippen LogP contribution is 2.32. The molecule has 0 radical (unpaired) electrons. The maximum Gasteiger partial charge on any atom is 0.255 e. The van der Waals surface area contributed by atoms with Gasteiger partial charge in [-0.3, -0.25) is 4.79 Å². The van der Waals surface area contributed by atoms with E-state index in [4.69, 9.17) is 9.47 Å². The van der Waals surface area contributed by atoms with Gasteiger partial charge in [-0.15, -0.1) is 6.58 Å². The van der Waals surface area contributed by atoms with Crippen molar-refractivity contribution in [3.8, 4) is 0 Å². The monoisotopic (exact) mass is 307 g/mol. The number of carbonyl (C=O) groups is 1. The Morgan fingerprint density at radius 1 is 1.52 bits per heavy atom. The first kappa shape index (κ1) is 14.8. The van der Waals surface area contributed by atoms with Crippen molar-refractivity contribution in [2.24, 2.45) is 0 Å². The summed E-state index contributed by atoms with van der Waals surface area (Å²) in [6.45, 7) is 5.62. The van der Waals surface area contributed by atoms with Crippen LogP contribution in [-0.4, -0.2) is 48.8 Å². The molecule has 21 heavy (non-hydrogen) atoms. The van der Waals surface area contributed by atoms with E-state index in [0.717, 1.165) is 31.4 Å². The molecule has 3 atom stereocenters. The van der Waals surface area contributed by atoms with Gasteiger partial charge >= 0.3 is 0 Å². The van der Waals surface area contributed by atoms with Crippen LogP contribution in [0, 0.1) is 0 Å². The fourth-order valence-electron chi connectivity index (χ4n) is 3.21. The zero-order valence-electron chi connectivity index (χ0n) is 12.1. The van der Waals surface area contributed by atoms with E-state index < -0.39 is 0 Å². The minimum absolute atomic E-state index is 0.147. The lowest BCUT2D eigenvalue weighted by atomic mass is 9.99. The highest BCUT2D eigenvalue weighted by atomic mass is 32.1. The molecule has 0 unspecified atom stereocenters. The summed E-state index contributed by atoms with van der Waals surface area (Å²) in [5.74, 6) is 0.147. The Morgan fingerprint density at radius 3 is 3.19 bits per heavy atom. The van der Waals surface area contributed by atoms with Crippen LogP contribution in [0.15, 0.2) is 29.5 Å². The van der Waals surface area contributed by atoms with Crippen LogP contribution < -0.4 is 0 Å². The van der Waals surface area contributed by atoms with Gasteiger partial charge in [0.05, 0.1) is 37.0 Å². The Kier molecular flexibility index (Phi) is 4.73. The number of likely N-dealkylation sites (tertiary alicyclic amines) is 1. The molecule has 1 amide bonds. The Bertz CT molecular complexity index is 488. The first-order valence-corrected chi connectivity index (χ1v) is 8.41. The van der Waals surface area contributed by atoms with Crippen LogP contribution in [0.3, 0.4) is 0 Å². The van der Waals surface area contributed by atoms with Crippen molar-refractivity contribution in [1.82, 2.24) is 4.90 Å². The van der Waals surface area contributed by atoms with E-state index in [2.05, 4.69) is 6.58 Å². The van der Waals surface area contributed by atoms with Crippen molar-refractivity contribution in [3.05, 3.63) is 35.0 Å². The number of rotatable bonds is 5. The van der Waals surface area contributed by atoms with E-state index in [-0.39, 0.29) is 24.2 Å². The first-order valence-electron chi connectivity index (χ1n) is 7.47. The van der Waals surface area contributed by atoms with Gasteiger partial charge in [0.2, 0.25) is 0 Å². The Hall–Kier alpha value is -1.17. The van der Waals surface area contributed by atoms with Gasteiger partial charge in [-0.2, -0.15) is 11.3 Å². The van der Waals surface area contributed by atoms with Gasteiger partial charge in [0, 0.05) is 11.9 Å². The predicted molar refractivity (Wildman–Crippen MR) is 82.7 cm³/mol. The lowest BCUT2D eigenvalue weighted by Gasteiger charge is -2.35. The number of hydrogen-bond donors (Lipinski definition) is 0. The van der Waals surface area contributed by atoms with Crippen LogP contribution in [0.4, 0.5) is 0 Å². The summed E-state index contributed by atoms with van der Waals surface area (Å²) < 4.78 is 11.6. The van der Waals surface area contributed by atoms with Crippen molar-refractivity contribution < 1.29 is 14.3 Å². The lowest BCUT2D eigenvalue weighted by Crippen LogP contribution is -2.45. The third-order valence-corrected chi connectivity index (χ3v) is 4.89. The zero-order valence-corrected chi connectivity index (χ0v) is 12.9. The number of carbonyl (C=O) groups excluding carboxylic acids is 1. The van der Waals surface area contributed by atoms with E-state index in [1.807, 2.05) is 21.7 Å². The van der Waals surface area contributed by atoms with Crippen molar-refractivity contribution in [3.63, 3.8) is 0 Å². The van der Waals surface area contributed by atoms with E-state index in [0.29, 0.717) is 13.2 Å². The van der Waals surface area contributed by atoms with Crippen molar-refractivity contribution >= 4 is 17.2 Å². The van der Waals surface area contributed by atoms with E-state index >= 15 is 0 Å². The number of fused-ring (bicyclic) bond motifs is 1. The normalized spacial score (nSPS) is 28.4. The molecule has 4 nitrogen and oxygen atoms in total. The maximum atomic E-state index is 12.5. The lowest BCUT2D eigenvalue weighted by molar-refractivity contribution is -0.0937. The molecule has 0 saturated carbocycles. The van der Waals surface area contributed by atoms with E-state index in [1.54, 1.807) is 17.4 Å². The summed E-state index contributed by atoms with van der Waals surface area (Å²) in [6, 6.07) is 2.13. The number of nitrogens with zero attached hydrogens (tertiary/aromatic N) is 1. The van der Waals surface area contributed by atoms with Crippen LogP contribution in [0.25, 0.3) is 0 Å². The Morgan fingerprint density at radius 2 is 2.43 bits per heavy atom. The van der Waals surface area contributed by atoms with Crippen LogP contribution >= 0.6 is 11.3 Å². The highest BCUT2D eigenvalue weighted by Gasteiger charge is 2.42. The van der Waals surface area contributed by atoms with Crippen molar-refractivity contribution in [2.45, 2.75) is 37.5 Å². The molecule has 2 fully saturated rings. The molecule has 114 valence electrons. The standard InChI is InChI=1S/C16H21NO3S/c1-2-8-19-10-13-3-4-14-15(20-13)5-7-17(14)16(18)12-6-9-21-11-12/h2,6,9,11,13-15H,1,3-5,7-8,10H2/t13-,14+,15+/m1/s1. The number of ether oxygens (including phenoxy) is 2. The Labute approximate surface area is 129 Å². The minimum atomic E-state index is 0.147. The summed E-state index contributed by atoms with van der Waals surface area (Å²) in [7, 11) is 0. The minimum Gasteiger partial charge on any atom is -0.375 e. The first-order chi connectivity index (χ1) is 10.3. The Balaban J connectivity index is 1.57. The second kappa shape index (κ2) is 6.73. The van der Waals surface area contributed by atoms with Crippen molar-refractivity contribution in [1.29, 1.82) is 0 Å². The smallest absolute Gasteiger partial charge is 0.255 e. The molecule has 0 N–H and O–H groups in total. The molecule has 2 aliphatic heterocycles. The molecule has 3 heterocycles. The largest absolute Gasteiger partial charge is 0.375 e. The molecule has 0 aliphatic carbocycles. The average molecular weight is 307 g/mol. The summed E-state index contributed by atoms with van der Waals surface area (Å²) in [4.78, 5) is 14.5. The van der Waals surface area contributed by atoms with E-state index in [1.165, 1.54) is 0 Å². The van der Waals surface area contributed by atoms with Gasteiger partial charge in [-0.1, -0.05) is 6.08 Å². The molecule has 2 aliphatic rings. The van der Waals surface area contributed by atoms with Crippen LogP contribution in [0.5, 0.6) is 0 Å². The second-order valence-corrected chi connectivity index (χ2v) is 6.35. The fraction of sp³-hybridized carbons (Fsp3) is 0.562. The molecule has 0 spiro atoms. The SMILES string of the molecule is C=CCOC[C@H]1CC[C@H]2[C@H](CCN2C(=O)c2ccsc2)O1. The van der Waals surface area contributed by atoms with Crippen LogP contribution in [0.2, 0.25) is 0 Å². The van der Waals surface area contributed by atoms with Gasteiger partial charge in [-0.05, 0) is 30.7 Å². The van der Waals surface area contributed by atoms with Crippen LogP contribution in [0.1, 0.15) is 29.6 Å². The highest BCUT2D eigenvalue weighted by molar-refractivity contribution is 7.08. The van der Waals surface area contributed by atoms with Gasteiger partial charge in [0.25, 0.3) is 5.91 Å². The molecule has 5 heteroatoms. The predicted octanol–water partition coefficient (Wildman–Crippen LogP) is 2.71. The maximum absolute atomic E-state index is 12.5. The number of amides is 1. The van der Waals surface area contributed by atoms with Gasteiger partial charge < -0.3 is 14.4 Å². The molecule has 0 aromatic carbocycles. The summed E-state index contributed by atoms with van der Waals surface area (Å²) in [6.07, 6.45) is 4.95. The topological polar surface area (TPSA) is 38.8 Å². The molecule has 1 aromatic heterocycles. The summed E-state index contributed by atoms with van der Waals surface area (Å²) in [5.41, 5.74) is 0.803. The quantitative estimate of drug-likeness (QED) is 0.620. The van der Waals surface area contributed by atoms with Gasteiger partial charge in [0.15, 0.2) is 0 Å². The average Bonchev–Trinajstić information content (AvgIpc) is 3.16. The van der Waals surface area contributed by atoms with Crippen LogP contribution in [-0.2, 0) is 9.47 Å². The molecule has 3 rings (SSSR count). The third-order valence-electron chi connectivity index (χ3n) is 4.20. The van der Waals surface area contributed by atoms with Gasteiger partial charge in [-0.25, -0.2) is 0 Å². The van der Waals surface area contributed by atoms with Crippen molar-refractivity contribution in [2.75, 3.05) is 19.8 Å². The number of thiophene rings is 1. The third kappa shape index (κ3) is 3.20. The molecule has 0 bridgehead atoms. The van der Waals surface area contributed by atoms with Gasteiger partial charge in [0.1, 0.15) is 0 Å². The molecule has 2 saturated heterocycles. The fourth-order valence-corrected chi connectivity index (χ4v) is 3.84. The molecular formula is C16H21NO3S. The molecular weight excluding hydrogens is 286 g/mol. The van der Waals surface area contributed by atoms with E-state index in [9.17, 15) is 4.79 Å².